The predicted molar refractivity (Wildman–Crippen MR) is 123 cm³/mol. The SMILES string of the molecule is O=C1c2ccccc2C(=S)N1c1ccc(N2C(=O)c3ccccc3C2=S)c([N+](=O)[O-])c1. The Morgan fingerprint density at radius 1 is 0.710 bits per heavy atom. The Balaban J connectivity index is 1.60. The number of thiocarbonyl (C=S) groups is 2. The van der Waals surface area contributed by atoms with E-state index in [1.165, 1.54) is 23.1 Å². The molecule has 150 valence electrons. The Morgan fingerprint density at radius 3 is 1.71 bits per heavy atom. The first kappa shape index (κ1) is 19.2. The molecule has 7 nitrogen and oxygen atoms in total. The highest BCUT2D eigenvalue weighted by Gasteiger charge is 2.39. The van der Waals surface area contributed by atoms with Gasteiger partial charge in [-0.25, -0.2) is 0 Å². The molecule has 2 aliphatic rings. The van der Waals surface area contributed by atoms with Gasteiger partial charge in [0.25, 0.3) is 17.5 Å². The molecule has 0 N–H and O–H groups in total. The van der Waals surface area contributed by atoms with Crippen LogP contribution in [0.15, 0.2) is 66.7 Å². The van der Waals surface area contributed by atoms with E-state index in [2.05, 4.69) is 0 Å². The molecule has 31 heavy (non-hydrogen) atoms. The molecule has 3 aromatic carbocycles. The highest BCUT2D eigenvalue weighted by Crippen LogP contribution is 2.39. The lowest BCUT2D eigenvalue weighted by molar-refractivity contribution is -0.384. The Kier molecular flexibility index (Phi) is 4.24. The van der Waals surface area contributed by atoms with Gasteiger partial charge in [0.15, 0.2) is 0 Å². The standard InChI is InChI=1S/C22H11N3O4S2/c26-19-13-5-1-3-7-15(13)21(30)23(19)12-9-10-17(18(11-12)25(28)29)24-20(27)14-6-2-4-8-16(14)22(24)31/h1-11H. The Hall–Kier alpha value is -3.82. The molecule has 3 aromatic rings. The van der Waals surface area contributed by atoms with E-state index in [4.69, 9.17) is 24.4 Å². The highest BCUT2D eigenvalue weighted by molar-refractivity contribution is 7.81. The van der Waals surface area contributed by atoms with Crippen LogP contribution >= 0.6 is 24.4 Å². The normalized spacial score (nSPS) is 14.8. The number of rotatable bonds is 3. The summed E-state index contributed by atoms with van der Waals surface area (Å²) >= 11 is 10.9. The molecule has 0 bridgehead atoms. The van der Waals surface area contributed by atoms with Crippen LogP contribution in [0.25, 0.3) is 0 Å². The summed E-state index contributed by atoms with van der Waals surface area (Å²) < 4.78 is 0. The first-order chi connectivity index (χ1) is 14.9. The van der Waals surface area contributed by atoms with E-state index in [0.717, 1.165) is 4.90 Å². The highest BCUT2D eigenvalue weighted by atomic mass is 32.1. The van der Waals surface area contributed by atoms with Gasteiger partial charge in [-0.05, 0) is 24.3 Å². The largest absolute Gasteiger partial charge is 0.295 e. The van der Waals surface area contributed by atoms with Crippen molar-refractivity contribution in [3.8, 4) is 0 Å². The van der Waals surface area contributed by atoms with E-state index in [1.807, 2.05) is 0 Å². The number of amides is 2. The van der Waals surface area contributed by atoms with Crippen molar-refractivity contribution in [1.82, 2.24) is 0 Å². The lowest BCUT2D eigenvalue weighted by atomic mass is 10.1. The number of fused-ring (bicyclic) bond motifs is 2. The van der Waals surface area contributed by atoms with Gasteiger partial charge in [-0.1, -0.05) is 60.8 Å². The maximum atomic E-state index is 12.9. The summed E-state index contributed by atoms with van der Waals surface area (Å²) in [4.78, 5) is 39.9. The zero-order valence-electron chi connectivity index (χ0n) is 15.6. The lowest BCUT2D eigenvalue weighted by Gasteiger charge is -2.20. The molecule has 0 unspecified atom stereocenters. The number of nitro benzene ring substituents is 1. The molecule has 2 aliphatic heterocycles. The number of benzene rings is 3. The van der Waals surface area contributed by atoms with E-state index in [9.17, 15) is 19.7 Å². The van der Waals surface area contributed by atoms with Crippen LogP contribution in [0.5, 0.6) is 0 Å². The minimum absolute atomic E-state index is 0.0371. The van der Waals surface area contributed by atoms with Gasteiger partial charge in [0.2, 0.25) is 0 Å². The molecule has 0 fully saturated rings. The number of hydrogen-bond donors (Lipinski definition) is 0. The summed E-state index contributed by atoms with van der Waals surface area (Å²) in [5.74, 6) is -0.792. The molecule has 0 atom stereocenters. The van der Waals surface area contributed by atoms with Gasteiger partial charge in [-0.2, -0.15) is 0 Å². The summed E-state index contributed by atoms with van der Waals surface area (Å²) in [6.07, 6.45) is 0. The third-order valence-electron chi connectivity index (χ3n) is 5.24. The van der Waals surface area contributed by atoms with Gasteiger partial charge >= 0.3 is 0 Å². The zero-order valence-corrected chi connectivity index (χ0v) is 17.3. The number of hydrogen-bond acceptors (Lipinski definition) is 6. The van der Waals surface area contributed by atoms with Crippen molar-refractivity contribution < 1.29 is 14.5 Å². The summed E-state index contributed by atoms with van der Waals surface area (Å²) in [5.41, 5.74) is 1.90. The Bertz CT molecular complexity index is 1300. The van der Waals surface area contributed by atoms with Crippen LogP contribution < -0.4 is 9.80 Å². The smallest absolute Gasteiger partial charge is 0.268 e. The summed E-state index contributed by atoms with van der Waals surface area (Å²) in [7, 11) is 0. The van der Waals surface area contributed by atoms with Crippen LogP contribution in [0.1, 0.15) is 31.8 Å². The third kappa shape index (κ3) is 2.71. The van der Waals surface area contributed by atoms with Crippen molar-refractivity contribution in [1.29, 1.82) is 0 Å². The molecule has 5 rings (SSSR count). The molecular weight excluding hydrogens is 434 g/mol. The molecule has 0 saturated carbocycles. The summed E-state index contributed by atoms with van der Waals surface area (Å²) in [6.45, 7) is 0. The molecular formula is C22H11N3O4S2. The fraction of sp³-hybridized carbons (Fsp3) is 0. The number of anilines is 2. The van der Waals surface area contributed by atoms with Crippen molar-refractivity contribution in [3.05, 3.63) is 99.1 Å². The summed E-state index contributed by atoms with van der Waals surface area (Å²) in [5, 5.41) is 11.9. The van der Waals surface area contributed by atoms with Crippen molar-refractivity contribution in [2.24, 2.45) is 0 Å². The second kappa shape index (κ2) is 6.86. The monoisotopic (exact) mass is 445 g/mol. The molecule has 9 heteroatoms. The molecule has 2 heterocycles. The van der Waals surface area contributed by atoms with Gasteiger partial charge in [-0.15, -0.1) is 0 Å². The van der Waals surface area contributed by atoms with Gasteiger partial charge in [0.1, 0.15) is 15.7 Å². The maximum Gasteiger partial charge on any atom is 0.295 e. The van der Waals surface area contributed by atoms with E-state index in [1.54, 1.807) is 48.5 Å². The second-order valence-electron chi connectivity index (χ2n) is 6.91. The number of carbonyl (C=O) groups is 2. The molecule has 0 aliphatic carbocycles. The Labute approximate surface area is 186 Å². The quantitative estimate of drug-likeness (QED) is 0.340. The fourth-order valence-electron chi connectivity index (χ4n) is 3.82. The van der Waals surface area contributed by atoms with Crippen LogP contribution in [0, 0.1) is 10.1 Å². The van der Waals surface area contributed by atoms with Crippen molar-refractivity contribution >= 4 is 63.3 Å². The molecule has 0 radical (unpaired) electrons. The van der Waals surface area contributed by atoms with Crippen molar-refractivity contribution in [2.75, 3.05) is 9.80 Å². The van der Waals surface area contributed by atoms with Crippen LogP contribution in [0.3, 0.4) is 0 Å². The van der Waals surface area contributed by atoms with Gasteiger partial charge in [0, 0.05) is 17.2 Å². The number of nitrogens with zero attached hydrogens (tertiary/aromatic N) is 3. The minimum Gasteiger partial charge on any atom is -0.268 e. The van der Waals surface area contributed by atoms with Gasteiger partial charge in [-0.3, -0.25) is 29.5 Å². The minimum atomic E-state index is -0.603. The maximum absolute atomic E-state index is 12.9. The number of nitro groups is 1. The van der Waals surface area contributed by atoms with Crippen molar-refractivity contribution in [2.45, 2.75) is 0 Å². The average molecular weight is 445 g/mol. The number of carbonyl (C=O) groups excluding carboxylic acids is 2. The van der Waals surface area contributed by atoms with Gasteiger partial charge < -0.3 is 0 Å². The van der Waals surface area contributed by atoms with Crippen molar-refractivity contribution in [3.63, 3.8) is 0 Å². The van der Waals surface area contributed by atoms with Gasteiger partial charge in [0.05, 0.1) is 21.7 Å². The zero-order chi connectivity index (χ0) is 21.9. The fourth-order valence-corrected chi connectivity index (χ4v) is 4.54. The predicted octanol–water partition coefficient (Wildman–Crippen LogP) is 4.27. The molecule has 0 spiro atoms. The van der Waals surface area contributed by atoms with E-state index >= 15 is 0 Å². The molecule has 0 saturated heterocycles. The third-order valence-corrected chi connectivity index (χ3v) is 6.05. The average Bonchev–Trinajstić information content (AvgIpc) is 3.18. The topological polar surface area (TPSA) is 83.8 Å². The summed E-state index contributed by atoms with van der Waals surface area (Å²) in [6, 6.07) is 17.9. The van der Waals surface area contributed by atoms with Crippen LogP contribution in [0.2, 0.25) is 0 Å². The van der Waals surface area contributed by atoms with Crippen LogP contribution in [0.4, 0.5) is 17.1 Å². The van der Waals surface area contributed by atoms with E-state index in [-0.39, 0.29) is 32.9 Å². The first-order valence-electron chi connectivity index (χ1n) is 9.14. The van der Waals surface area contributed by atoms with Crippen LogP contribution in [-0.4, -0.2) is 26.7 Å². The molecule has 0 aromatic heterocycles. The van der Waals surface area contributed by atoms with Crippen LogP contribution in [-0.2, 0) is 0 Å². The van der Waals surface area contributed by atoms with E-state index < -0.39 is 10.8 Å². The Morgan fingerprint density at radius 2 is 1.19 bits per heavy atom. The first-order valence-corrected chi connectivity index (χ1v) is 9.96. The molecule has 2 amide bonds. The lowest BCUT2D eigenvalue weighted by Crippen LogP contribution is -2.31. The van der Waals surface area contributed by atoms with E-state index in [0.29, 0.717) is 22.3 Å². The second-order valence-corrected chi connectivity index (χ2v) is 7.69.